The molecule has 0 aromatic carbocycles. The van der Waals surface area contributed by atoms with E-state index in [2.05, 4.69) is 11.9 Å². The average molecular weight is 264 g/mol. The minimum absolute atomic E-state index is 0.156. The monoisotopic (exact) mass is 264 g/mol. The van der Waals surface area contributed by atoms with Crippen molar-refractivity contribution in [2.45, 2.75) is 37.9 Å². The van der Waals surface area contributed by atoms with E-state index in [1.54, 1.807) is 11.0 Å². The van der Waals surface area contributed by atoms with Crippen molar-refractivity contribution >= 4 is 5.91 Å². The largest absolute Gasteiger partial charge is 0.401 e. The zero-order valence-electron chi connectivity index (χ0n) is 10.3. The first kappa shape index (κ1) is 15.0. The molecular weight excluding hydrogens is 245 g/mol. The Morgan fingerprint density at radius 3 is 2.50 bits per heavy atom. The number of alkyl halides is 3. The maximum absolute atomic E-state index is 12.0. The summed E-state index contributed by atoms with van der Waals surface area (Å²) in [6.07, 6.45) is 1.33. The molecule has 104 valence electrons. The van der Waals surface area contributed by atoms with E-state index < -0.39 is 12.7 Å². The van der Waals surface area contributed by atoms with Gasteiger partial charge in [0.1, 0.15) is 0 Å². The van der Waals surface area contributed by atoms with Crippen LogP contribution in [0.1, 0.15) is 25.7 Å². The molecular formula is C12H19F3N2O. The Labute approximate surface area is 105 Å². The third-order valence-electron chi connectivity index (χ3n) is 3.01. The molecule has 0 aliphatic heterocycles. The highest BCUT2D eigenvalue weighted by Gasteiger charge is 2.29. The standard InChI is InChI=1S/C12H19F3N2O/c1-2-7-17(10-5-3-4-6-10)11(18)8-16-9-12(13,14)15/h2,10,16H,1,3-9H2. The van der Waals surface area contributed by atoms with Gasteiger partial charge >= 0.3 is 6.18 Å². The van der Waals surface area contributed by atoms with E-state index in [0.29, 0.717) is 6.54 Å². The Bertz CT molecular complexity index is 286. The molecule has 1 fully saturated rings. The van der Waals surface area contributed by atoms with Crippen LogP contribution in [0.2, 0.25) is 0 Å². The number of carbonyl (C=O) groups is 1. The Kier molecular flexibility index (Phi) is 5.65. The van der Waals surface area contributed by atoms with Crippen molar-refractivity contribution in [2.75, 3.05) is 19.6 Å². The fraction of sp³-hybridized carbons (Fsp3) is 0.750. The Hall–Kier alpha value is -1.04. The zero-order valence-corrected chi connectivity index (χ0v) is 10.3. The lowest BCUT2D eigenvalue weighted by atomic mass is 10.2. The molecule has 0 bridgehead atoms. The number of halogens is 3. The molecule has 0 saturated heterocycles. The second-order valence-corrected chi connectivity index (χ2v) is 4.49. The van der Waals surface area contributed by atoms with Gasteiger partial charge in [-0.05, 0) is 12.8 Å². The lowest BCUT2D eigenvalue weighted by Gasteiger charge is -2.28. The van der Waals surface area contributed by atoms with Crippen molar-refractivity contribution in [3.05, 3.63) is 12.7 Å². The summed E-state index contributed by atoms with van der Waals surface area (Å²) in [7, 11) is 0. The van der Waals surface area contributed by atoms with Crippen LogP contribution < -0.4 is 5.32 Å². The van der Waals surface area contributed by atoms with E-state index in [9.17, 15) is 18.0 Å². The van der Waals surface area contributed by atoms with E-state index in [1.807, 2.05) is 0 Å². The highest BCUT2D eigenvalue weighted by atomic mass is 19.4. The fourth-order valence-corrected chi connectivity index (χ4v) is 2.22. The molecule has 0 atom stereocenters. The van der Waals surface area contributed by atoms with Crippen molar-refractivity contribution in [3.63, 3.8) is 0 Å². The fourth-order valence-electron chi connectivity index (χ4n) is 2.22. The zero-order chi connectivity index (χ0) is 13.6. The van der Waals surface area contributed by atoms with Gasteiger partial charge in [0.05, 0.1) is 13.1 Å². The number of nitrogens with zero attached hydrogens (tertiary/aromatic N) is 1. The minimum atomic E-state index is -4.28. The average Bonchev–Trinajstić information content (AvgIpc) is 2.77. The van der Waals surface area contributed by atoms with E-state index in [0.717, 1.165) is 25.7 Å². The molecule has 6 heteroatoms. The predicted octanol–water partition coefficient (Wildman–Crippen LogP) is 2.10. The van der Waals surface area contributed by atoms with Gasteiger partial charge in [-0.3, -0.25) is 4.79 Å². The van der Waals surface area contributed by atoms with Crippen LogP contribution in [0.15, 0.2) is 12.7 Å². The van der Waals surface area contributed by atoms with Crippen LogP contribution in [0.25, 0.3) is 0 Å². The number of carbonyl (C=O) groups excluding carboxylic acids is 1. The maximum Gasteiger partial charge on any atom is 0.401 e. The third-order valence-corrected chi connectivity index (χ3v) is 3.01. The van der Waals surface area contributed by atoms with Crippen molar-refractivity contribution < 1.29 is 18.0 Å². The summed E-state index contributed by atoms with van der Waals surface area (Å²) in [5.41, 5.74) is 0. The number of hydrogen-bond donors (Lipinski definition) is 1. The summed E-state index contributed by atoms with van der Waals surface area (Å²) in [6, 6.07) is 0.156. The van der Waals surface area contributed by atoms with E-state index in [1.165, 1.54) is 0 Å². The highest BCUT2D eigenvalue weighted by molar-refractivity contribution is 5.78. The second kappa shape index (κ2) is 6.78. The molecule has 0 spiro atoms. The Morgan fingerprint density at radius 2 is 2.00 bits per heavy atom. The lowest BCUT2D eigenvalue weighted by Crippen LogP contribution is -2.45. The van der Waals surface area contributed by atoms with Crippen LogP contribution in [0.3, 0.4) is 0 Å². The van der Waals surface area contributed by atoms with Crippen LogP contribution in [0, 0.1) is 0 Å². The van der Waals surface area contributed by atoms with Crippen LogP contribution >= 0.6 is 0 Å². The van der Waals surface area contributed by atoms with Gasteiger partial charge in [0.2, 0.25) is 5.91 Å². The molecule has 3 nitrogen and oxygen atoms in total. The van der Waals surface area contributed by atoms with Gasteiger partial charge in [0, 0.05) is 12.6 Å². The normalized spacial score (nSPS) is 16.8. The van der Waals surface area contributed by atoms with Gasteiger partial charge in [-0.2, -0.15) is 13.2 Å². The van der Waals surface area contributed by atoms with E-state index in [-0.39, 0.29) is 18.5 Å². The van der Waals surface area contributed by atoms with Crippen LogP contribution in [-0.4, -0.2) is 42.7 Å². The van der Waals surface area contributed by atoms with Crippen LogP contribution in [-0.2, 0) is 4.79 Å². The van der Waals surface area contributed by atoms with E-state index >= 15 is 0 Å². The van der Waals surface area contributed by atoms with Gasteiger partial charge in [-0.25, -0.2) is 0 Å². The first-order chi connectivity index (χ1) is 8.44. The van der Waals surface area contributed by atoms with E-state index in [4.69, 9.17) is 0 Å². The highest BCUT2D eigenvalue weighted by Crippen LogP contribution is 2.23. The van der Waals surface area contributed by atoms with Crippen molar-refractivity contribution in [2.24, 2.45) is 0 Å². The Balaban J connectivity index is 2.41. The summed E-state index contributed by atoms with van der Waals surface area (Å²) < 4.78 is 35.9. The summed E-state index contributed by atoms with van der Waals surface area (Å²) in [5.74, 6) is -0.286. The molecule has 0 heterocycles. The molecule has 1 saturated carbocycles. The number of nitrogens with one attached hydrogen (secondary N) is 1. The smallest absolute Gasteiger partial charge is 0.335 e. The maximum atomic E-state index is 12.0. The molecule has 1 N–H and O–H groups in total. The van der Waals surface area contributed by atoms with Crippen LogP contribution in [0.5, 0.6) is 0 Å². The lowest BCUT2D eigenvalue weighted by molar-refractivity contribution is -0.135. The van der Waals surface area contributed by atoms with Crippen LogP contribution in [0.4, 0.5) is 13.2 Å². The summed E-state index contributed by atoms with van der Waals surface area (Å²) >= 11 is 0. The Morgan fingerprint density at radius 1 is 1.39 bits per heavy atom. The van der Waals surface area contributed by atoms with Gasteiger partial charge in [-0.15, -0.1) is 6.58 Å². The minimum Gasteiger partial charge on any atom is -0.335 e. The first-order valence-electron chi connectivity index (χ1n) is 6.12. The molecule has 0 aromatic heterocycles. The molecule has 18 heavy (non-hydrogen) atoms. The first-order valence-corrected chi connectivity index (χ1v) is 6.12. The summed E-state index contributed by atoms with van der Waals surface area (Å²) in [5, 5.41) is 2.14. The van der Waals surface area contributed by atoms with Gasteiger partial charge in [-0.1, -0.05) is 18.9 Å². The second-order valence-electron chi connectivity index (χ2n) is 4.49. The molecule has 1 aliphatic rings. The quantitative estimate of drug-likeness (QED) is 0.745. The van der Waals surface area contributed by atoms with Crippen molar-refractivity contribution in [1.82, 2.24) is 10.2 Å². The van der Waals surface area contributed by atoms with Crippen molar-refractivity contribution in [3.8, 4) is 0 Å². The molecule has 1 amide bonds. The number of hydrogen-bond acceptors (Lipinski definition) is 2. The van der Waals surface area contributed by atoms with Gasteiger partial charge < -0.3 is 10.2 Å². The summed E-state index contributed by atoms with van der Waals surface area (Å²) in [6.45, 7) is 2.57. The SMILES string of the molecule is C=CCN(C(=O)CNCC(F)(F)F)C1CCCC1. The van der Waals surface area contributed by atoms with Crippen molar-refractivity contribution in [1.29, 1.82) is 0 Å². The number of rotatable bonds is 6. The third kappa shape index (κ3) is 5.08. The topological polar surface area (TPSA) is 32.3 Å². The molecule has 0 aromatic rings. The molecule has 1 rings (SSSR count). The summed E-state index contributed by atoms with van der Waals surface area (Å²) in [4.78, 5) is 13.5. The molecule has 0 radical (unpaired) electrons. The van der Waals surface area contributed by atoms with Gasteiger partial charge in [0.15, 0.2) is 0 Å². The molecule has 0 unspecified atom stereocenters. The molecule has 1 aliphatic carbocycles. The predicted molar refractivity (Wildman–Crippen MR) is 63.1 cm³/mol. The van der Waals surface area contributed by atoms with Gasteiger partial charge in [0.25, 0.3) is 0 Å². The number of amides is 1.